The van der Waals surface area contributed by atoms with Crippen molar-refractivity contribution >= 4 is 35.8 Å². The molecule has 1 aliphatic carbocycles. The van der Waals surface area contributed by atoms with Crippen LogP contribution in [0.5, 0.6) is 23.0 Å². The van der Waals surface area contributed by atoms with E-state index in [0.29, 0.717) is 62.9 Å². The van der Waals surface area contributed by atoms with Gasteiger partial charge in [-0.2, -0.15) is 0 Å². The predicted molar refractivity (Wildman–Crippen MR) is 194 cm³/mol. The van der Waals surface area contributed by atoms with E-state index in [-0.39, 0.29) is 34.1 Å². The highest BCUT2D eigenvalue weighted by Crippen LogP contribution is 2.32. The van der Waals surface area contributed by atoms with Crippen molar-refractivity contribution in [2.45, 2.75) is 52.4 Å². The molecule has 54 heavy (non-hydrogen) atoms. The van der Waals surface area contributed by atoms with Crippen molar-refractivity contribution in [1.82, 2.24) is 0 Å². The van der Waals surface area contributed by atoms with Crippen LogP contribution >= 0.6 is 0 Å². The second kappa shape index (κ2) is 19.0. The van der Waals surface area contributed by atoms with Gasteiger partial charge in [0, 0.05) is 0 Å². The second-order valence-electron chi connectivity index (χ2n) is 12.5. The van der Waals surface area contributed by atoms with Crippen LogP contribution in [0.15, 0.2) is 97.1 Å². The topological polar surface area (TPSA) is 158 Å². The van der Waals surface area contributed by atoms with E-state index in [2.05, 4.69) is 0 Å². The number of carbonyl (C=O) groups is 6. The Balaban J connectivity index is 1.03. The van der Waals surface area contributed by atoms with Gasteiger partial charge in [-0.15, -0.1) is 0 Å². The predicted octanol–water partition coefficient (Wildman–Crippen LogP) is 7.58. The third-order valence-electron chi connectivity index (χ3n) is 8.49. The average Bonchev–Trinajstić information content (AvgIpc) is 3.20. The molecule has 0 bridgehead atoms. The molecule has 280 valence electrons. The van der Waals surface area contributed by atoms with Gasteiger partial charge in [0.05, 0.1) is 47.3 Å². The highest BCUT2D eigenvalue weighted by atomic mass is 16.6. The molecule has 1 saturated carbocycles. The molecule has 1 fully saturated rings. The van der Waals surface area contributed by atoms with Gasteiger partial charge in [-0.05, 0) is 136 Å². The highest BCUT2D eigenvalue weighted by Gasteiger charge is 2.32. The lowest BCUT2D eigenvalue weighted by atomic mass is 9.82. The first kappa shape index (κ1) is 38.9. The van der Waals surface area contributed by atoms with E-state index < -0.39 is 47.7 Å². The van der Waals surface area contributed by atoms with Crippen LogP contribution in [0, 0.1) is 11.8 Å². The summed E-state index contributed by atoms with van der Waals surface area (Å²) in [5.41, 5.74) is 1.18. The van der Waals surface area contributed by atoms with Gasteiger partial charge in [0.25, 0.3) is 0 Å². The van der Waals surface area contributed by atoms with Crippen LogP contribution in [-0.2, 0) is 19.1 Å². The van der Waals surface area contributed by atoms with Gasteiger partial charge in [0.15, 0.2) is 0 Å². The Labute approximate surface area is 312 Å². The number of esters is 6. The Hall–Kier alpha value is -6.30. The molecule has 12 nitrogen and oxygen atoms in total. The van der Waals surface area contributed by atoms with Crippen molar-refractivity contribution in [3.05, 3.63) is 119 Å². The molecule has 0 saturated heterocycles. The Morgan fingerprint density at radius 1 is 0.407 bits per heavy atom. The lowest BCUT2D eigenvalue weighted by Gasteiger charge is -2.25. The van der Waals surface area contributed by atoms with E-state index in [1.54, 1.807) is 0 Å². The fraction of sp³-hybridized carbons (Fsp3) is 0.286. The monoisotopic (exact) mass is 736 g/mol. The summed E-state index contributed by atoms with van der Waals surface area (Å²) in [6.45, 7) is 4.44. The van der Waals surface area contributed by atoms with Crippen molar-refractivity contribution in [1.29, 1.82) is 0 Å². The van der Waals surface area contributed by atoms with Crippen LogP contribution in [0.1, 0.15) is 93.8 Å². The SMILES string of the molecule is CCCOC(=O)c1ccc(OC(=O)c2ccc(OC(=O)[C@H]3CC[C@H](C(=O)Oc4ccc(C(=O)Oc5ccc(C(=O)OCCC)cc5)cc4)CC3)cc2)cc1. The minimum absolute atomic E-state index is 0.240. The van der Waals surface area contributed by atoms with Crippen molar-refractivity contribution in [3.8, 4) is 23.0 Å². The van der Waals surface area contributed by atoms with Gasteiger partial charge in [0.2, 0.25) is 0 Å². The average molecular weight is 737 g/mol. The lowest BCUT2D eigenvalue weighted by Crippen LogP contribution is -2.30. The largest absolute Gasteiger partial charge is 0.462 e. The Morgan fingerprint density at radius 2 is 0.667 bits per heavy atom. The molecular formula is C42H40O12. The number of rotatable bonds is 14. The molecule has 0 heterocycles. The number of carbonyl (C=O) groups excluding carboxylic acids is 6. The molecule has 5 rings (SSSR count). The summed E-state index contributed by atoms with van der Waals surface area (Å²) in [5, 5.41) is 0. The summed E-state index contributed by atoms with van der Waals surface area (Å²) in [6.07, 6.45) is 3.16. The maximum absolute atomic E-state index is 12.9. The lowest BCUT2D eigenvalue weighted by molar-refractivity contribution is -0.145. The van der Waals surface area contributed by atoms with Crippen LogP contribution in [0.25, 0.3) is 0 Å². The second-order valence-corrected chi connectivity index (χ2v) is 12.5. The summed E-state index contributed by atoms with van der Waals surface area (Å²) < 4.78 is 32.1. The zero-order valence-electron chi connectivity index (χ0n) is 29.9. The summed E-state index contributed by atoms with van der Waals surface area (Å²) in [5.74, 6) is -2.77. The van der Waals surface area contributed by atoms with Crippen LogP contribution in [0.4, 0.5) is 0 Å². The van der Waals surface area contributed by atoms with E-state index in [4.69, 9.17) is 28.4 Å². The van der Waals surface area contributed by atoms with Crippen molar-refractivity contribution < 1.29 is 57.2 Å². The quantitative estimate of drug-likeness (QED) is 0.0925. The summed E-state index contributed by atoms with van der Waals surface area (Å²) in [4.78, 5) is 74.9. The fourth-order valence-electron chi connectivity index (χ4n) is 5.49. The first-order chi connectivity index (χ1) is 26.1. The number of hydrogen-bond acceptors (Lipinski definition) is 12. The minimum atomic E-state index is -0.621. The molecule has 4 aromatic rings. The summed E-state index contributed by atoms with van der Waals surface area (Å²) >= 11 is 0. The Bertz CT molecular complexity index is 1780. The molecule has 12 heteroatoms. The molecule has 0 N–H and O–H groups in total. The van der Waals surface area contributed by atoms with Gasteiger partial charge in [-0.25, -0.2) is 19.2 Å². The Kier molecular flexibility index (Phi) is 13.7. The summed E-state index contributed by atoms with van der Waals surface area (Å²) in [6, 6.07) is 24.0. The molecule has 1 aliphatic rings. The molecular weight excluding hydrogens is 696 g/mol. The molecule has 0 unspecified atom stereocenters. The van der Waals surface area contributed by atoms with Crippen LogP contribution < -0.4 is 18.9 Å². The van der Waals surface area contributed by atoms with Gasteiger partial charge in [-0.1, -0.05) is 13.8 Å². The van der Waals surface area contributed by atoms with Gasteiger partial charge in [0.1, 0.15) is 23.0 Å². The Morgan fingerprint density at radius 3 is 0.944 bits per heavy atom. The molecule has 0 spiro atoms. The molecule has 0 aromatic heterocycles. The van der Waals surface area contributed by atoms with E-state index in [1.807, 2.05) is 13.8 Å². The molecule has 0 aliphatic heterocycles. The van der Waals surface area contributed by atoms with E-state index >= 15 is 0 Å². The van der Waals surface area contributed by atoms with Crippen LogP contribution in [-0.4, -0.2) is 49.0 Å². The smallest absolute Gasteiger partial charge is 0.343 e. The van der Waals surface area contributed by atoms with Crippen LogP contribution in [0.3, 0.4) is 0 Å². The molecule has 4 aromatic carbocycles. The standard InChI is InChI=1S/C42H40O12/c1-3-25-49-37(43)27-9-17-33(18-10-27)53-41(47)31-13-21-35(22-14-31)51-39(45)29-5-7-30(8-6-29)40(46)52-36-23-15-32(16-24-36)42(48)54-34-19-11-28(12-20-34)38(44)50-26-4-2/h9-24,29-30H,3-8,25-26H2,1-2H3/t29-,30-. The van der Waals surface area contributed by atoms with Gasteiger partial charge >= 0.3 is 35.8 Å². The van der Waals surface area contributed by atoms with Crippen molar-refractivity contribution in [2.24, 2.45) is 11.8 Å². The van der Waals surface area contributed by atoms with Crippen molar-refractivity contribution in [3.63, 3.8) is 0 Å². The third kappa shape index (κ3) is 10.9. The van der Waals surface area contributed by atoms with Gasteiger partial charge < -0.3 is 28.4 Å². The van der Waals surface area contributed by atoms with Crippen molar-refractivity contribution in [2.75, 3.05) is 13.2 Å². The summed E-state index contributed by atoms with van der Waals surface area (Å²) in [7, 11) is 0. The zero-order chi connectivity index (χ0) is 38.5. The maximum atomic E-state index is 12.9. The van der Waals surface area contributed by atoms with Crippen LogP contribution in [0.2, 0.25) is 0 Å². The molecule has 0 radical (unpaired) electrons. The zero-order valence-corrected chi connectivity index (χ0v) is 29.9. The number of benzene rings is 4. The first-order valence-electron chi connectivity index (χ1n) is 17.8. The first-order valence-corrected chi connectivity index (χ1v) is 17.8. The minimum Gasteiger partial charge on any atom is -0.462 e. The number of ether oxygens (including phenoxy) is 6. The third-order valence-corrected chi connectivity index (χ3v) is 8.49. The molecule has 0 amide bonds. The highest BCUT2D eigenvalue weighted by molar-refractivity contribution is 5.93. The van der Waals surface area contributed by atoms with Gasteiger partial charge in [-0.3, -0.25) is 9.59 Å². The molecule has 0 atom stereocenters. The maximum Gasteiger partial charge on any atom is 0.343 e. The van der Waals surface area contributed by atoms with E-state index in [1.165, 1.54) is 97.1 Å². The normalized spacial score (nSPS) is 14.9. The van der Waals surface area contributed by atoms with E-state index in [9.17, 15) is 28.8 Å². The number of hydrogen-bond donors (Lipinski definition) is 0. The van der Waals surface area contributed by atoms with E-state index in [0.717, 1.165) is 0 Å². The fourth-order valence-corrected chi connectivity index (χ4v) is 5.49.